The summed E-state index contributed by atoms with van der Waals surface area (Å²) in [7, 11) is 0. The predicted octanol–water partition coefficient (Wildman–Crippen LogP) is 1.88. The molecule has 2 nitrogen and oxygen atoms in total. The van der Waals surface area contributed by atoms with E-state index < -0.39 is 0 Å². The van der Waals surface area contributed by atoms with E-state index in [4.69, 9.17) is 0 Å². The van der Waals surface area contributed by atoms with Crippen LogP contribution in [0, 0.1) is 6.92 Å². The second kappa shape index (κ2) is 2.63. The summed E-state index contributed by atoms with van der Waals surface area (Å²) in [5, 5.41) is 2.89. The van der Waals surface area contributed by atoms with E-state index >= 15 is 0 Å². The van der Waals surface area contributed by atoms with Crippen LogP contribution in [0.15, 0.2) is 18.2 Å². The molecule has 0 fully saturated rings. The fourth-order valence-corrected chi connectivity index (χ4v) is 1.57. The molecule has 0 saturated heterocycles. The number of carbonyl (C=O) groups is 1. The van der Waals surface area contributed by atoms with E-state index in [9.17, 15) is 4.79 Å². The van der Waals surface area contributed by atoms with E-state index in [1.807, 2.05) is 19.1 Å². The molecule has 1 aliphatic rings. The maximum atomic E-state index is 11.1. The van der Waals surface area contributed by atoms with Crippen LogP contribution in [-0.2, 0) is 11.2 Å². The molecule has 2 heteroatoms. The first-order valence-corrected chi connectivity index (χ1v) is 4.16. The van der Waals surface area contributed by atoms with Gasteiger partial charge in [0.2, 0.25) is 5.91 Å². The zero-order chi connectivity index (χ0) is 8.55. The number of para-hydroxylation sites is 1. The van der Waals surface area contributed by atoms with Gasteiger partial charge in [0.1, 0.15) is 0 Å². The summed E-state index contributed by atoms with van der Waals surface area (Å²) in [6, 6.07) is 6.12. The molecule has 1 aliphatic heterocycles. The van der Waals surface area contributed by atoms with Gasteiger partial charge in [-0.25, -0.2) is 0 Å². The number of carbonyl (C=O) groups excluding carboxylic acids is 1. The lowest BCUT2D eigenvalue weighted by atomic mass is 10.00. The van der Waals surface area contributed by atoms with Crippen molar-refractivity contribution in [1.29, 1.82) is 0 Å². The van der Waals surface area contributed by atoms with Crippen molar-refractivity contribution in [3.8, 4) is 0 Å². The molecular weight excluding hydrogens is 150 g/mol. The molecule has 0 spiro atoms. The van der Waals surface area contributed by atoms with Gasteiger partial charge in [-0.2, -0.15) is 0 Å². The van der Waals surface area contributed by atoms with Crippen LogP contribution >= 0.6 is 0 Å². The van der Waals surface area contributed by atoms with Crippen molar-refractivity contribution >= 4 is 11.6 Å². The molecule has 0 atom stereocenters. The first-order valence-electron chi connectivity index (χ1n) is 4.16. The van der Waals surface area contributed by atoms with E-state index in [1.54, 1.807) is 0 Å². The molecule has 1 aromatic rings. The number of anilines is 1. The van der Waals surface area contributed by atoms with Crippen LogP contribution in [0.4, 0.5) is 5.69 Å². The van der Waals surface area contributed by atoms with Gasteiger partial charge in [-0.1, -0.05) is 18.2 Å². The number of nitrogens with one attached hydrogen (secondary N) is 1. The molecule has 0 saturated carbocycles. The summed E-state index contributed by atoms with van der Waals surface area (Å²) in [4.78, 5) is 11.1. The third-order valence-corrected chi connectivity index (χ3v) is 2.24. The Morgan fingerprint density at radius 3 is 3.00 bits per heavy atom. The van der Waals surface area contributed by atoms with Gasteiger partial charge in [-0.3, -0.25) is 4.79 Å². The van der Waals surface area contributed by atoms with Gasteiger partial charge in [0, 0.05) is 12.1 Å². The Kier molecular flexibility index (Phi) is 1.61. The maximum Gasteiger partial charge on any atom is 0.224 e. The minimum atomic E-state index is 0.136. The Labute approximate surface area is 71.6 Å². The van der Waals surface area contributed by atoms with Crippen LogP contribution in [-0.4, -0.2) is 5.91 Å². The summed E-state index contributed by atoms with van der Waals surface area (Å²) < 4.78 is 0. The smallest absolute Gasteiger partial charge is 0.224 e. The van der Waals surface area contributed by atoms with E-state index in [1.165, 1.54) is 5.56 Å². The van der Waals surface area contributed by atoms with Gasteiger partial charge in [-0.15, -0.1) is 0 Å². The third-order valence-electron chi connectivity index (χ3n) is 2.24. The fraction of sp³-hybridized carbons (Fsp3) is 0.300. The van der Waals surface area contributed by atoms with Crippen molar-refractivity contribution in [2.45, 2.75) is 19.8 Å². The number of fused-ring (bicyclic) bond motifs is 1. The molecule has 0 bridgehead atoms. The number of amides is 1. The van der Waals surface area contributed by atoms with Crippen molar-refractivity contribution in [1.82, 2.24) is 0 Å². The molecule has 0 aliphatic carbocycles. The van der Waals surface area contributed by atoms with E-state index in [2.05, 4.69) is 11.4 Å². The van der Waals surface area contributed by atoms with Crippen molar-refractivity contribution < 1.29 is 4.79 Å². The van der Waals surface area contributed by atoms with Crippen LogP contribution in [0.25, 0.3) is 0 Å². The van der Waals surface area contributed by atoms with Gasteiger partial charge in [0.15, 0.2) is 0 Å². The first kappa shape index (κ1) is 7.35. The highest BCUT2D eigenvalue weighted by Crippen LogP contribution is 2.25. The summed E-state index contributed by atoms with van der Waals surface area (Å²) >= 11 is 0. The summed E-state index contributed by atoms with van der Waals surface area (Å²) in [5.41, 5.74) is 3.43. The lowest BCUT2D eigenvalue weighted by molar-refractivity contribution is -0.116. The number of rotatable bonds is 0. The van der Waals surface area contributed by atoms with Gasteiger partial charge >= 0.3 is 0 Å². The minimum absolute atomic E-state index is 0.136. The maximum absolute atomic E-state index is 11.1. The van der Waals surface area contributed by atoms with Gasteiger partial charge < -0.3 is 5.32 Å². The molecule has 0 aromatic heterocycles. The van der Waals surface area contributed by atoms with Crippen molar-refractivity contribution in [2.24, 2.45) is 0 Å². The second-order valence-corrected chi connectivity index (χ2v) is 3.16. The molecule has 0 unspecified atom stereocenters. The first-order chi connectivity index (χ1) is 5.77. The van der Waals surface area contributed by atoms with E-state index in [-0.39, 0.29) is 5.91 Å². The van der Waals surface area contributed by atoms with Gasteiger partial charge in [-0.05, 0) is 24.5 Å². The lowest BCUT2D eigenvalue weighted by Crippen LogP contribution is -2.19. The average molecular weight is 161 g/mol. The molecule has 12 heavy (non-hydrogen) atoms. The van der Waals surface area contributed by atoms with Crippen molar-refractivity contribution in [2.75, 3.05) is 5.32 Å². The largest absolute Gasteiger partial charge is 0.326 e. The SMILES string of the molecule is Cc1cccc2c1NC(=O)CC2. The molecule has 2 rings (SSSR count). The summed E-state index contributed by atoms with van der Waals surface area (Å²) in [6.45, 7) is 2.02. The minimum Gasteiger partial charge on any atom is -0.326 e. The molecule has 1 amide bonds. The summed E-state index contributed by atoms with van der Waals surface area (Å²) in [6.07, 6.45) is 1.50. The van der Waals surface area contributed by atoms with Gasteiger partial charge in [0.25, 0.3) is 0 Å². The molecule has 62 valence electrons. The molecule has 1 aromatic carbocycles. The monoisotopic (exact) mass is 161 g/mol. The van der Waals surface area contributed by atoms with Crippen LogP contribution < -0.4 is 5.32 Å². The van der Waals surface area contributed by atoms with Crippen LogP contribution in [0.5, 0.6) is 0 Å². The number of hydrogen-bond donors (Lipinski definition) is 1. The molecule has 1 N–H and O–H groups in total. The lowest BCUT2D eigenvalue weighted by Gasteiger charge is -2.18. The highest BCUT2D eigenvalue weighted by Gasteiger charge is 2.15. The molecular formula is C10H11NO. The van der Waals surface area contributed by atoms with Crippen LogP contribution in [0.1, 0.15) is 17.5 Å². The van der Waals surface area contributed by atoms with E-state index in [0.717, 1.165) is 17.7 Å². The topological polar surface area (TPSA) is 29.1 Å². The average Bonchev–Trinajstić information content (AvgIpc) is 2.07. The van der Waals surface area contributed by atoms with Crippen molar-refractivity contribution in [3.05, 3.63) is 29.3 Å². The van der Waals surface area contributed by atoms with Crippen molar-refractivity contribution in [3.63, 3.8) is 0 Å². The fourth-order valence-electron chi connectivity index (χ4n) is 1.57. The third kappa shape index (κ3) is 1.09. The number of hydrogen-bond acceptors (Lipinski definition) is 1. The quantitative estimate of drug-likeness (QED) is 0.618. The molecule has 1 heterocycles. The van der Waals surface area contributed by atoms with Crippen LogP contribution in [0.2, 0.25) is 0 Å². The predicted molar refractivity (Wildman–Crippen MR) is 48.1 cm³/mol. The summed E-state index contributed by atoms with van der Waals surface area (Å²) in [5.74, 6) is 0.136. The Balaban J connectivity index is 2.50. The number of benzene rings is 1. The molecule has 0 radical (unpaired) electrons. The van der Waals surface area contributed by atoms with E-state index in [0.29, 0.717) is 6.42 Å². The Bertz CT molecular complexity index is 331. The Hall–Kier alpha value is -1.31. The normalized spacial score (nSPS) is 15.2. The highest BCUT2D eigenvalue weighted by molar-refractivity contribution is 5.94. The zero-order valence-electron chi connectivity index (χ0n) is 7.05. The number of aryl methyl sites for hydroxylation is 2. The Morgan fingerprint density at radius 2 is 2.17 bits per heavy atom. The standard InChI is InChI=1S/C10H11NO/c1-7-3-2-4-8-5-6-9(12)11-10(7)8/h2-4H,5-6H2,1H3,(H,11,12). The Morgan fingerprint density at radius 1 is 1.33 bits per heavy atom. The zero-order valence-corrected chi connectivity index (χ0v) is 7.05. The van der Waals surface area contributed by atoms with Gasteiger partial charge in [0.05, 0.1) is 0 Å². The van der Waals surface area contributed by atoms with Crippen LogP contribution in [0.3, 0.4) is 0 Å². The highest BCUT2D eigenvalue weighted by atomic mass is 16.1. The second-order valence-electron chi connectivity index (χ2n) is 3.16.